The Bertz CT molecular complexity index is 651. The van der Waals surface area contributed by atoms with Gasteiger partial charge >= 0.3 is 12.1 Å². The molecule has 0 saturated heterocycles. The summed E-state index contributed by atoms with van der Waals surface area (Å²) in [6.07, 6.45) is -4.75. The zero-order valence-corrected chi connectivity index (χ0v) is 10.4. The summed E-state index contributed by atoms with van der Waals surface area (Å²) in [7, 11) is 0. The molecule has 0 spiro atoms. The molecule has 1 aromatic carbocycles. The number of carboxylic acids is 1. The normalized spacial score (nSPS) is 11.4. The van der Waals surface area contributed by atoms with Gasteiger partial charge in [0, 0.05) is 5.56 Å². The number of alkyl halides is 3. The van der Waals surface area contributed by atoms with Crippen LogP contribution in [0.1, 0.15) is 21.6 Å². The van der Waals surface area contributed by atoms with Crippen molar-refractivity contribution in [1.29, 1.82) is 0 Å². The van der Waals surface area contributed by atoms with E-state index >= 15 is 0 Å². The Morgan fingerprint density at radius 3 is 2.30 bits per heavy atom. The van der Waals surface area contributed by atoms with Crippen LogP contribution in [0.3, 0.4) is 0 Å². The van der Waals surface area contributed by atoms with Crippen molar-refractivity contribution >= 4 is 5.97 Å². The highest BCUT2D eigenvalue weighted by Crippen LogP contribution is 2.35. The van der Waals surface area contributed by atoms with Gasteiger partial charge in [-0.05, 0) is 13.0 Å². The third kappa shape index (κ3) is 2.64. The standard InChI is InChI=1S/C14H10F3NO2/c1-8-12(13(19)20)10(14(15,16)17)7-11(18-8)9-5-3-2-4-6-9/h2-7H,1H3,(H,19,20). The van der Waals surface area contributed by atoms with Gasteiger partial charge in [-0.3, -0.25) is 4.98 Å². The maximum absolute atomic E-state index is 13.0. The molecule has 0 aliphatic rings. The minimum absolute atomic E-state index is 0.0976. The molecule has 2 rings (SSSR count). The van der Waals surface area contributed by atoms with E-state index in [1.165, 1.54) is 6.92 Å². The van der Waals surface area contributed by atoms with E-state index in [1.54, 1.807) is 30.3 Å². The van der Waals surface area contributed by atoms with Gasteiger partial charge in [0.15, 0.2) is 0 Å². The van der Waals surface area contributed by atoms with Crippen LogP contribution in [0.25, 0.3) is 11.3 Å². The number of rotatable bonds is 2. The van der Waals surface area contributed by atoms with Crippen LogP contribution in [0.5, 0.6) is 0 Å². The number of aromatic carboxylic acids is 1. The number of halogens is 3. The van der Waals surface area contributed by atoms with Gasteiger partial charge in [0.1, 0.15) is 0 Å². The topological polar surface area (TPSA) is 50.2 Å². The van der Waals surface area contributed by atoms with Crippen LogP contribution in [0.4, 0.5) is 13.2 Å². The molecule has 0 amide bonds. The molecule has 0 radical (unpaired) electrons. The average molecular weight is 281 g/mol. The van der Waals surface area contributed by atoms with Crippen molar-refractivity contribution < 1.29 is 23.1 Å². The average Bonchev–Trinajstić information content (AvgIpc) is 2.37. The van der Waals surface area contributed by atoms with E-state index in [0.29, 0.717) is 5.56 Å². The monoisotopic (exact) mass is 281 g/mol. The van der Waals surface area contributed by atoms with E-state index in [1.807, 2.05) is 0 Å². The van der Waals surface area contributed by atoms with Crippen LogP contribution in [0.2, 0.25) is 0 Å². The summed E-state index contributed by atoms with van der Waals surface area (Å²) >= 11 is 0. The second-order valence-electron chi connectivity index (χ2n) is 4.18. The number of pyridine rings is 1. The third-order valence-corrected chi connectivity index (χ3v) is 2.79. The Labute approximate surface area is 112 Å². The molecule has 1 heterocycles. The van der Waals surface area contributed by atoms with Crippen molar-refractivity contribution in [2.75, 3.05) is 0 Å². The fourth-order valence-electron chi connectivity index (χ4n) is 1.92. The van der Waals surface area contributed by atoms with Gasteiger partial charge < -0.3 is 5.11 Å². The van der Waals surface area contributed by atoms with Gasteiger partial charge in [0.25, 0.3) is 0 Å². The van der Waals surface area contributed by atoms with Crippen molar-refractivity contribution in [3.05, 3.63) is 53.2 Å². The molecule has 3 nitrogen and oxygen atoms in total. The number of hydrogen-bond donors (Lipinski definition) is 1. The van der Waals surface area contributed by atoms with E-state index in [-0.39, 0.29) is 11.4 Å². The predicted octanol–water partition coefficient (Wildman–Crippen LogP) is 3.77. The third-order valence-electron chi connectivity index (χ3n) is 2.79. The molecule has 0 atom stereocenters. The minimum atomic E-state index is -4.75. The highest BCUT2D eigenvalue weighted by Gasteiger charge is 2.37. The Morgan fingerprint density at radius 2 is 1.80 bits per heavy atom. The van der Waals surface area contributed by atoms with Crippen LogP contribution >= 0.6 is 0 Å². The van der Waals surface area contributed by atoms with E-state index in [4.69, 9.17) is 5.11 Å². The fourth-order valence-corrected chi connectivity index (χ4v) is 1.92. The number of aromatic nitrogens is 1. The van der Waals surface area contributed by atoms with Crippen LogP contribution < -0.4 is 0 Å². The second-order valence-corrected chi connectivity index (χ2v) is 4.18. The quantitative estimate of drug-likeness (QED) is 0.911. The zero-order valence-electron chi connectivity index (χ0n) is 10.4. The molecular formula is C14H10F3NO2. The first-order chi connectivity index (χ1) is 9.30. The molecule has 104 valence electrons. The number of aryl methyl sites for hydroxylation is 1. The second kappa shape index (κ2) is 4.96. The molecule has 0 aliphatic heterocycles. The summed E-state index contributed by atoms with van der Waals surface area (Å²) in [5.41, 5.74) is -1.56. The van der Waals surface area contributed by atoms with Gasteiger partial charge in [-0.2, -0.15) is 13.2 Å². The Hall–Kier alpha value is -2.37. The van der Waals surface area contributed by atoms with Gasteiger partial charge in [-0.25, -0.2) is 4.79 Å². The lowest BCUT2D eigenvalue weighted by Gasteiger charge is -2.14. The number of nitrogens with zero attached hydrogens (tertiary/aromatic N) is 1. The molecular weight excluding hydrogens is 271 g/mol. The van der Waals surface area contributed by atoms with Crippen LogP contribution in [0.15, 0.2) is 36.4 Å². The highest BCUT2D eigenvalue weighted by molar-refractivity contribution is 5.91. The summed E-state index contributed by atoms with van der Waals surface area (Å²) in [5.74, 6) is -1.64. The first-order valence-corrected chi connectivity index (χ1v) is 5.68. The maximum Gasteiger partial charge on any atom is 0.417 e. The summed E-state index contributed by atoms with van der Waals surface area (Å²) in [6, 6.07) is 9.07. The highest BCUT2D eigenvalue weighted by atomic mass is 19.4. The lowest BCUT2D eigenvalue weighted by molar-refractivity contribution is -0.138. The molecule has 0 saturated carbocycles. The molecule has 2 aromatic rings. The molecule has 0 aliphatic carbocycles. The van der Waals surface area contributed by atoms with Gasteiger partial charge in [-0.1, -0.05) is 30.3 Å². The molecule has 0 bridgehead atoms. The smallest absolute Gasteiger partial charge is 0.417 e. The molecule has 0 fully saturated rings. The minimum Gasteiger partial charge on any atom is -0.478 e. The summed E-state index contributed by atoms with van der Waals surface area (Å²) in [4.78, 5) is 15.0. The van der Waals surface area contributed by atoms with Gasteiger partial charge in [0.2, 0.25) is 0 Å². The van der Waals surface area contributed by atoms with Crippen LogP contribution in [0, 0.1) is 6.92 Å². The summed E-state index contributed by atoms with van der Waals surface area (Å²) < 4.78 is 39.0. The van der Waals surface area contributed by atoms with E-state index in [9.17, 15) is 18.0 Å². The lowest BCUT2D eigenvalue weighted by Crippen LogP contribution is -2.16. The van der Waals surface area contributed by atoms with Gasteiger partial charge in [-0.15, -0.1) is 0 Å². The number of benzene rings is 1. The Kier molecular flexibility index (Phi) is 3.48. The van der Waals surface area contributed by atoms with Crippen molar-refractivity contribution in [2.24, 2.45) is 0 Å². The number of carboxylic acid groups (broad SMARTS) is 1. The van der Waals surface area contributed by atoms with Gasteiger partial charge in [0.05, 0.1) is 22.5 Å². The molecule has 1 N–H and O–H groups in total. The molecule has 0 unspecified atom stereocenters. The first kappa shape index (κ1) is 14.0. The van der Waals surface area contributed by atoms with Crippen molar-refractivity contribution in [1.82, 2.24) is 4.98 Å². The van der Waals surface area contributed by atoms with Crippen LogP contribution in [-0.2, 0) is 6.18 Å². The Morgan fingerprint density at radius 1 is 1.20 bits per heavy atom. The first-order valence-electron chi connectivity index (χ1n) is 5.68. The SMILES string of the molecule is Cc1nc(-c2ccccc2)cc(C(F)(F)F)c1C(=O)O. The lowest BCUT2D eigenvalue weighted by atomic mass is 10.0. The van der Waals surface area contributed by atoms with Crippen LogP contribution in [-0.4, -0.2) is 16.1 Å². The predicted molar refractivity (Wildman–Crippen MR) is 66.4 cm³/mol. The largest absolute Gasteiger partial charge is 0.478 e. The van der Waals surface area contributed by atoms with Crippen molar-refractivity contribution in [3.8, 4) is 11.3 Å². The van der Waals surface area contributed by atoms with E-state index in [2.05, 4.69) is 4.98 Å². The fraction of sp³-hybridized carbons (Fsp3) is 0.143. The van der Waals surface area contributed by atoms with Crippen molar-refractivity contribution in [3.63, 3.8) is 0 Å². The molecule has 1 aromatic heterocycles. The molecule has 20 heavy (non-hydrogen) atoms. The zero-order chi connectivity index (χ0) is 14.9. The van der Waals surface area contributed by atoms with E-state index < -0.39 is 23.3 Å². The van der Waals surface area contributed by atoms with E-state index in [0.717, 1.165) is 6.07 Å². The number of hydrogen-bond acceptors (Lipinski definition) is 2. The van der Waals surface area contributed by atoms with Crippen molar-refractivity contribution in [2.45, 2.75) is 13.1 Å². The maximum atomic E-state index is 13.0. The summed E-state index contributed by atoms with van der Waals surface area (Å²) in [6.45, 7) is 1.26. The summed E-state index contributed by atoms with van der Waals surface area (Å²) in [5, 5.41) is 8.93. The Balaban J connectivity index is 2.71. The molecule has 6 heteroatoms. The number of carbonyl (C=O) groups is 1.